The fraction of sp³-hybridized carbons (Fsp3) is 0.471. The lowest BCUT2D eigenvalue weighted by atomic mass is 10.1. The summed E-state index contributed by atoms with van der Waals surface area (Å²) in [5, 5.41) is 0. The summed E-state index contributed by atoms with van der Waals surface area (Å²) in [6, 6.07) is 10.5. The van der Waals surface area contributed by atoms with Crippen molar-refractivity contribution in [3.8, 4) is 0 Å². The van der Waals surface area contributed by atoms with Gasteiger partial charge in [-0.05, 0) is 24.4 Å². The first-order valence-corrected chi connectivity index (χ1v) is 7.60. The zero-order valence-corrected chi connectivity index (χ0v) is 12.6. The van der Waals surface area contributed by atoms with E-state index in [2.05, 4.69) is 51.0 Å². The minimum Gasteiger partial charge on any atom is -0.384 e. The summed E-state index contributed by atoms with van der Waals surface area (Å²) in [4.78, 5) is 7.02. The molecule has 21 heavy (non-hydrogen) atoms. The molecule has 1 aliphatic heterocycles. The van der Waals surface area contributed by atoms with E-state index >= 15 is 0 Å². The number of imidazole rings is 1. The van der Waals surface area contributed by atoms with Gasteiger partial charge in [-0.15, -0.1) is 0 Å². The van der Waals surface area contributed by atoms with E-state index in [0.717, 1.165) is 38.6 Å². The highest BCUT2D eigenvalue weighted by Gasteiger charge is 2.23. The van der Waals surface area contributed by atoms with Crippen molar-refractivity contribution in [2.24, 2.45) is 5.92 Å². The fourth-order valence-corrected chi connectivity index (χ4v) is 3.04. The van der Waals surface area contributed by atoms with E-state index in [9.17, 15) is 0 Å². The van der Waals surface area contributed by atoms with E-state index in [0.29, 0.717) is 5.92 Å². The molecule has 4 heteroatoms. The Hall–Kier alpha value is -1.65. The number of likely N-dealkylation sites (tertiary alicyclic amines) is 1. The van der Waals surface area contributed by atoms with Crippen LogP contribution in [0.4, 0.5) is 0 Å². The van der Waals surface area contributed by atoms with Crippen molar-refractivity contribution in [3.63, 3.8) is 0 Å². The van der Waals surface area contributed by atoms with Crippen molar-refractivity contribution >= 4 is 0 Å². The van der Waals surface area contributed by atoms with Crippen LogP contribution >= 0.6 is 0 Å². The van der Waals surface area contributed by atoms with E-state index in [1.165, 1.54) is 12.0 Å². The van der Waals surface area contributed by atoms with Crippen LogP contribution in [0.1, 0.15) is 17.8 Å². The molecule has 0 N–H and O–H groups in total. The third-order valence-electron chi connectivity index (χ3n) is 4.13. The van der Waals surface area contributed by atoms with Gasteiger partial charge >= 0.3 is 0 Å². The highest BCUT2D eigenvalue weighted by Crippen LogP contribution is 2.18. The van der Waals surface area contributed by atoms with E-state index in [-0.39, 0.29) is 0 Å². The molecule has 4 nitrogen and oxygen atoms in total. The largest absolute Gasteiger partial charge is 0.384 e. The second-order valence-electron chi connectivity index (χ2n) is 5.80. The summed E-state index contributed by atoms with van der Waals surface area (Å²) in [6.45, 7) is 4.96. The Bertz CT molecular complexity index is 552. The Balaban J connectivity index is 1.61. The van der Waals surface area contributed by atoms with Gasteiger partial charge in [0.15, 0.2) is 0 Å². The standard InChI is InChI=1S/C17H23N3O/c1-21-14-16-7-9-19(11-16)13-17-18-8-10-20(17)12-15-5-3-2-4-6-15/h2-6,8,10,16H,7,9,11-14H2,1H3. The lowest BCUT2D eigenvalue weighted by Gasteiger charge is -2.16. The number of hydrogen-bond acceptors (Lipinski definition) is 3. The molecule has 0 aliphatic carbocycles. The van der Waals surface area contributed by atoms with Crippen LogP contribution in [-0.4, -0.2) is 41.3 Å². The number of benzene rings is 1. The fourth-order valence-electron chi connectivity index (χ4n) is 3.04. The van der Waals surface area contributed by atoms with Crippen molar-refractivity contribution in [3.05, 3.63) is 54.1 Å². The number of ether oxygens (including phenoxy) is 1. The van der Waals surface area contributed by atoms with Crippen LogP contribution in [0.2, 0.25) is 0 Å². The van der Waals surface area contributed by atoms with Crippen LogP contribution in [-0.2, 0) is 17.8 Å². The van der Waals surface area contributed by atoms with E-state index < -0.39 is 0 Å². The Morgan fingerprint density at radius 1 is 1.24 bits per heavy atom. The van der Waals surface area contributed by atoms with Gasteiger partial charge in [-0.1, -0.05) is 30.3 Å². The minimum absolute atomic E-state index is 0.674. The normalized spacial score (nSPS) is 19.2. The van der Waals surface area contributed by atoms with Crippen molar-refractivity contribution in [1.82, 2.24) is 14.5 Å². The molecular formula is C17H23N3O. The first kappa shape index (κ1) is 14.3. The van der Waals surface area contributed by atoms with Crippen molar-refractivity contribution in [2.45, 2.75) is 19.5 Å². The predicted octanol–water partition coefficient (Wildman–Crippen LogP) is 2.40. The highest BCUT2D eigenvalue weighted by molar-refractivity contribution is 5.15. The third kappa shape index (κ3) is 3.71. The molecule has 1 aromatic heterocycles. The Labute approximate surface area is 126 Å². The number of rotatable bonds is 6. The van der Waals surface area contributed by atoms with Crippen molar-refractivity contribution in [2.75, 3.05) is 26.8 Å². The maximum Gasteiger partial charge on any atom is 0.123 e. The molecule has 112 valence electrons. The lowest BCUT2D eigenvalue weighted by molar-refractivity contribution is 0.152. The van der Waals surface area contributed by atoms with Crippen molar-refractivity contribution < 1.29 is 4.74 Å². The molecule has 1 atom stereocenters. The molecule has 1 unspecified atom stereocenters. The Kier molecular flexibility index (Phi) is 4.68. The van der Waals surface area contributed by atoms with Crippen LogP contribution in [0.3, 0.4) is 0 Å². The molecule has 1 saturated heterocycles. The average Bonchev–Trinajstić information content (AvgIpc) is 3.11. The number of methoxy groups -OCH3 is 1. The molecule has 2 heterocycles. The van der Waals surface area contributed by atoms with E-state index in [1.807, 2.05) is 6.20 Å². The van der Waals surface area contributed by atoms with Gasteiger partial charge in [0.25, 0.3) is 0 Å². The summed E-state index contributed by atoms with van der Waals surface area (Å²) in [7, 11) is 1.79. The minimum atomic E-state index is 0.674. The molecule has 0 spiro atoms. The first-order chi connectivity index (χ1) is 10.3. The monoisotopic (exact) mass is 285 g/mol. The average molecular weight is 285 g/mol. The highest BCUT2D eigenvalue weighted by atomic mass is 16.5. The lowest BCUT2D eigenvalue weighted by Crippen LogP contribution is -2.23. The Morgan fingerprint density at radius 2 is 2.10 bits per heavy atom. The number of aromatic nitrogens is 2. The van der Waals surface area contributed by atoms with Gasteiger partial charge in [-0.25, -0.2) is 4.98 Å². The molecule has 0 radical (unpaired) electrons. The van der Waals surface area contributed by atoms with Gasteiger partial charge in [0.1, 0.15) is 5.82 Å². The topological polar surface area (TPSA) is 30.3 Å². The summed E-state index contributed by atoms with van der Waals surface area (Å²) in [6.07, 6.45) is 5.21. The van der Waals surface area contributed by atoms with E-state index in [4.69, 9.17) is 4.74 Å². The van der Waals surface area contributed by atoms with Crippen LogP contribution < -0.4 is 0 Å². The number of nitrogens with zero attached hydrogens (tertiary/aromatic N) is 3. The van der Waals surface area contributed by atoms with Gasteiger partial charge in [-0.3, -0.25) is 4.90 Å². The number of hydrogen-bond donors (Lipinski definition) is 0. The van der Waals surface area contributed by atoms with Crippen molar-refractivity contribution in [1.29, 1.82) is 0 Å². The summed E-state index contributed by atoms with van der Waals surface area (Å²) in [5.74, 6) is 1.82. The van der Waals surface area contributed by atoms with Gasteiger partial charge in [0.05, 0.1) is 13.2 Å². The molecule has 1 fully saturated rings. The SMILES string of the molecule is COCC1CCN(Cc2nccn2Cc2ccccc2)C1. The molecular weight excluding hydrogens is 262 g/mol. The molecule has 0 bridgehead atoms. The second-order valence-corrected chi connectivity index (χ2v) is 5.80. The molecule has 1 aromatic carbocycles. The van der Waals surface area contributed by atoms with Crippen LogP contribution in [0.15, 0.2) is 42.7 Å². The summed E-state index contributed by atoms with van der Waals surface area (Å²) < 4.78 is 7.51. The van der Waals surface area contributed by atoms with Gasteiger partial charge in [0.2, 0.25) is 0 Å². The summed E-state index contributed by atoms with van der Waals surface area (Å²) in [5.41, 5.74) is 1.32. The quantitative estimate of drug-likeness (QED) is 0.816. The maximum absolute atomic E-state index is 5.26. The van der Waals surface area contributed by atoms with E-state index in [1.54, 1.807) is 7.11 Å². The van der Waals surface area contributed by atoms with Gasteiger partial charge in [-0.2, -0.15) is 0 Å². The first-order valence-electron chi connectivity index (χ1n) is 7.60. The molecule has 2 aromatic rings. The maximum atomic E-state index is 5.26. The van der Waals surface area contributed by atoms with Crippen LogP contribution in [0.5, 0.6) is 0 Å². The predicted molar refractivity (Wildman–Crippen MR) is 83.0 cm³/mol. The molecule has 0 saturated carbocycles. The second kappa shape index (κ2) is 6.87. The zero-order valence-electron chi connectivity index (χ0n) is 12.6. The molecule has 0 amide bonds. The van der Waals surface area contributed by atoms with Crippen LogP contribution in [0.25, 0.3) is 0 Å². The molecule has 1 aliphatic rings. The molecule has 3 rings (SSSR count). The smallest absolute Gasteiger partial charge is 0.123 e. The summed E-state index contributed by atoms with van der Waals surface area (Å²) >= 11 is 0. The Morgan fingerprint density at radius 3 is 2.90 bits per heavy atom. The van der Waals surface area contributed by atoms with Gasteiger partial charge < -0.3 is 9.30 Å². The van der Waals surface area contributed by atoms with Crippen LogP contribution in [0, 0.1) is 5.92 Å². The third-order valence-corrected chi connectivity index (χ3v) is 4.13. The van der Waals surface area contributed by atoms with Gasteiger partial charge in [0, 0.05) is 32.6 Å². The zero-order chi connectivity index (χ0) is 14.5.